The smallest absolute Gasteiger partial charge is 0.208 e. The molecule has 2 aromatic heterocycles. The van der Waals surface area contributed by atoms with Gasteiger partial charge in [0.25, 0.3) is 0 Å². The topological polar surface area (TPSA) is 64.3 Å². The molecular formula is C19H19FN6. The molecule has 4 rings (SSSR count). The summed E-state index contributed by atoms with van der Waals surface area (Å²) in [6.07, 6.45) is 1.15. The molecule has 0 saturated carbocycles. The number of aromatic nitrogens is 3. The zero-order valence-corrected chi connectivity index (χ0v) is 14.2. The second kappa shape index (κ2) is 6.73. The standard InChI is InChI=1S/C19H19FN6/c1-22-14-6-4-13(5-7-14)11-26-17-3-2-9-23-18(17)24-19(26)25-10-8-15(20)16(21)12-25/h2-7,9,15-16H,8,10-12,21H2/t15-,16-/m1/s1. The quantitative estimate of drug-likeness (QED) is 0.738. The molecule has 1 aromatic carbocycles. The first-order chi connectivity index (χ1) is 12.7. The molecule has 0 radical (unpaired) electrons. The van der Waals surface area contributed by atoms with Crippen molar-refractivity contribution >= 4 is 22.8 Å². The molecule has 0 amide bonds. The van der Waals surface area contributed by atoms with Crippen LogP contribution in [0, 0.1) is 6.57 Å². The zero-order chi connectivity index (χ0) is 18.1. The number of hydrogen-bond acceptors (Lipinski definition) is 4. The summed E-state index contributed by atoms with van der Waals surface area (Å²) >= 11 is 0. The van der Waals surface area contributed by atoms with Crippen LogP contribution in [-0.2, 0) is 6.54 Å². The largest absolute Gasteiger partial charge is 0.340 e. The van der Waals surface area contributed by atoms with Crippen molar-refractivity contribution in [1.29, 1.82) is 0 Å². The van der Waals surface area contributed by atoms with Crippen molar-refractivity contribution in [3.05, 3.63) is 59.6 Å². The lowest BCUT2D eigenvalue weighted by atomic mass is 10.1. The van der Waals surface area contributed by atoms with Crippen LogP contribution in [0.25, 0.3) is 16.0 Å². The Morgan fingerprint density at radius 3 is 2.81 bits per heavy atom. The minimum atomic E-state index is -0.969. The van der Waals surface area contributed by atoms with Gasteiger partial charge in [-0.15, -0.1) is 0 Å². The van der Waals surface area contributed by atoms with E-state index in [2.05, 4.69) is 19.4 Å². The van der Waals surface area contributed by atoms with Gasteiger partial charge in [0.15, 0.2) is 11.3 Å². The summed E-state index contributed by atoms with van der Waals surface area (Å²) in [7, 11) is 0. The van der Waals surface area contributed by atoms with Crippen LogP contribution in [0.15, 0.2) is 42.6 Å². The number of piperidine rings is 1. The molecule has 3 heterocycles. The number of benzene rings is 1. The molecule has 1 fully saturated rings. The van der Waals surface area contributed by atoms with Gasteiger partial charge >= 0.3 is 0 Å². The molecule has 1 aliphatic heterocycles. The molecule has 0 aliphatic carbocycles. The first-order valence-electron chi connectivity index (χ1n) is 8.58. The number of fused-ring (bicyclic) bond motifs is 1. The van der Waals surface area contributed by atoms with Gasteiger partial charge in [-0.25, -0.2) is 14.2 Å². The molecule has 1 aliphatic rings. The van der Waals surface area contributed by atoms with E-state index < -0.39 is 12.2 Å². The number of nitrogens with zero attached hydrogens (tertiary/aromatic N) is 5. The van der Waals surface area contributed by atoms with E-state index in [4.69, 9.17) is 12.3 Å². The number of pyridine rings is 1. The molecular weight excluding hydrogens is 331 g/mol. The number of anilines is 1. The van der Waals surface area contributed by atoms with E-state index in [1.54, 1.807) is 6.20 Å². The average molecular weight is 350 g/mol. The number of alkyl halides is 1. The maximum absolute atomic E-state index is 13.8. The third-order valence-electron chi connectivity index (χ3n) is 4.76. The Labute approximate surface area is 150 Å². The molecule has 2 atom stereocenters. The third kappa shape index (κ3) is 3.00. The van der Waals surface area contributed by atoms with Gasteiger partial charge in [-0.3, -0.25) is 0 Å². The monoisotopic (exact) mass is 350 g/mol. The highest BCUT2D eigenvalue weighted by Gasteiger charge is 2.29. The van der Waals surface area contributed by atoms with Crippen molar-refractivity contribution in [3.63, 3.8) is 0 Å². The Balaban J connectivity index is 1.73. The van der Waals surface area contributed by atoms with Crippen molar-refractivity contribution in [2.24, 2.45) is 5.73 Å². The highest BCUT2D eigenvalue weighted by Crippen LogP contribution is 2.26. The third-order valence-corrected chi connectivity index (χ3v) is 4.76. The minimum absolute atomic E-state index is 0.400. The molecule has 6 nitrogen and oxygen atoms in total. The van der Waals surface area contributed by atoms with Gasteiger partial charge in [0.2, 0.25) is 5.95 Å². The molecule has 7 heteroatoms. The molecule has 26 heavy (non-hydrogen) atoms. The van der Waals surface area contributed by atoms with Crippen LogP contribution in [0.2, 0.25) is 0 Å². The van der Waals surface area contributed by atoms with Crippen molar-refractivity contribution in [1.82, 2.24) is 14.5 Å². The van der Waals surface area contributed by atoms with Crippen LogP contribution < -0.4 is 10.6 Å². The molecule has 1 saturated heterocycles. The summed E-state index contributed by atoms with van der Waals surface area (Å²) < 4.78 is 15.9. The summed E-state index contributed by atoms with van der Waals surface area (Å²) in [6, 6.07) is 10.9. The number of halogens is 1. The van der Waals surface area contributed by atoms with E-state index in [1.807, 2.05) is 41.3 Å². The fourth-order valence-electron chi connectivity index (χ4n) is 3.34. The lowest BCUT2D eigenvalue weighted by Crippen LogP contribution is -2.50. The number of rotatable bonds is 3. The van der Waals surface area contributed by atoms with Gasteiger partial charge in [-0.1, -0.05) is 24.3 Å². The molecule has 0 spiro atoms. The highest BCUT2D eigenvalue weighted by atomic mass is 19.1. The first kappa shape index (κ1) is 16.5. The summed E-state index contributed by atoms with van der Waals surface area (Å²) in [4.78, 5) is 14.5. The number of hydrogen-bond donors (Lipinski definition) is 1. The van der Waals surface area contributed by atoms with Gasteiger partial charge in [0.1, 0.15) is 6.17 Å². The zero-order valence-electron chi connectivity index (χ0n) is 14.2. The summed E-state index contributed by atoms with van der Waals surface area (Å²) in [5.74, 6) is 0.760. The molecule has 2 N–H and O–H groups in total. The summed E-state index contributed by atoms with van der Waals surface area (Å²) in [5, 5.41) is 0. The summed E-state index contributed by atoms with van der Waals surface area (Å²) in [5.41, 5.74) is 9.20. The van der Waals surface area contributed by atoms with E-state index in [0.717, 1.165) is 17.0 Å². The van der Waals surface area contributed by atoms with E-state index >= 15 is 0 Å². The van der Waals surface area contributed by atoms with Crippen LogP contribution >= 0.6 is 0 Å². The van der Waals surface area contributed by atoms with Crippen molar-refractivity contribution in [3.8, 4) is 0 Å². The van der Waals surface area contributed by atoms with Crippen molar-refractivity contribution in [2.75, 3.05) is 18.0 Å². The maximum atomic E-state index is 13.8. The normalized spacial score (nSPS) is 20.3. The van der Waals surface area contributed by atoms with E-state index in [9.17, 15) is 4.39 Å². The molecule has 0 unspecified atom stereocenters. The van der Waals surface area contributed by atoms with Crippen LogP contribution in [0.4, 0.5) is 16.0 Å². The maximum Gasteiger partial charge on any atom is 0.208 e. The lowest BCUT2D eigenvalue weighted by molar-refractivity contribution is 0.243. The highest BCUT2D eigenvalue weighted by molar-refractivity contribution is 5.75. The molecule has 3 aromatic rings. The molecule has 0 bridgehead atoms. The van der Waals surface area contributed by atoms with E-state index in [-0.39, 0.29) is 0 Å². The van der Waals surface area contributed by atoms with E-state index in [1.165, 1.54) is 0 Å². The predicted octanol–water partition coefficient (Wildman–Crippen LogP) is 2.91. The van der Waals surface area contributed by atoms with Crippen LogP contribution in [0.1, 0.15) is 12.0 Å². The SMILES string of the molecule is [C-]#[N+]c1ccc(Cn2c(N3CC[C@@H](F)[C@H](N)C3)nc3ncccc32)cc1. The summed E-state index contributed by atoms with van der Waals surface area (Å²) in [6.45, 7) is 8.68. The van der Waals surface area contributed by atoms with Crippen molar-refractivity contribution in [2.45, 2.75) is 25.2 Å². The first-order valence-corrected chi connectivity index (χ1v) is 8.58. The minimum Gasteiger partial charge on any atom is -0.340 e. The Morgan fingerprint density at radius 1 is 1.27 bits per heavy atom. The Bertz CT molecular complexity index is 958. The van der Waals surface area contributed by atoms with Crippen LogP contribution in [0.5, 0.6) is 0 Å². The van der Waals surface area contributed by atoms with Gasteiger partial charge in [0.05, 0.1) is 24.7 Å². The average Bonchev–Trinajstić information content (AvgIpc) is 3.03. The van der Waals surface area contributed by atoms with Gasteiger partial charge in [-0.05, 0) is 24.1 Å². The Morgan fingerprint density at radius 2 is 2.08 bits per heavy atom. The fraction of sp³-hybridized carbons (Fsp3) is 0.316. The fourth-order valence-corrected chi connectivity index (χ4v) is 3.34. The lowest BCUT2D eigenvalue weighted by Gasteiger charge is -2.34. The molecule has 132 valence electrons. The number of imidazole rings is 1. The predicted molar refractivity (Wildman–Crippen MR) is 99.0 cm³/mol. The Hall–Kier alpha value is -2.98. The number of nitrogens with two attached hydrogens (primary N) is 1. The van der Waals surface area contributed by atoms with E-state index in [0.29, 0.717) is 37.4 Å². The second-order valence-corrected chi connectivity index (χ2v) is 6.54. The Kier molecular flexibility index (Phi) is 4.27. The van der Waals surface area contributed by atoms with Crippen molar-refractivity contribution < 1.29 is 4.39 Å². The van der Waals surface area contributed by atoms with Crippen LogP contribution in [-0.4, -0.2) is 39.8 Å². The second-order valence-electron chi connectivity index (χ2n) is 6.54. The van der Waals surface area contributed by atoms with Gasteiger partial charge < -0.3 is 15.2 Å². The van der Waals surface area contributed by atoms with Crippen LogP contribution in [0.3, 0.4) is 0 Å². The van der Waals surface area contributed by atoms with Gasteiger partial charge in [0, 0.05) is 19.3 Å². The van der Waals surface area contributed by atoms with Gasteiger partial charge in [-0.2, -0.15) is 4.98 Å².